The van der Waals surface area contributed by atoms with Crippen molar-refractivity contribution in [2.24, 2.45) is 9.98 Å². The average Bonchev–Trinajstić information content (AvgIpc) is 3.50. The Labute approximate surface area is 266 Å². The van der Waals surface area contributed by atoms with Gasteiger partial charge in [-0.2, -0.15) is 20.5 Å². The first kappa shape index (κ1) is 30.3. The highest BCUT2D eigenvalue weighted by Crippen LogP contribution is 2.36. The van der Waals surface area contributed by atoms with E-state index in [1.807, 2.05) is 48.8 Å². The quantitative estimate of drug-likeness (QED) is 0.140. The van der Waals surface area contributed by atoms with E-state index in [1.165, 1.54) is 48.5 Å². The maximum Gasteiger partial charge on any atom is 0.573 e. The summed E-state index contributed by atoms with van der Waals surface area (Å²) in [6.07, 6.45) is -5.89. The van der Waals surface area contributed by atoms with Gasteiger partial charge in [-0.05, 0) is 92.3 Å². The number of benzene rings is 5. The van der Waals surface area contributed by atoms with Gasteiger partial charge < -0.3 is 9.47 Å². The van der Waals surface area contributed by atoms with Gasteiger partial charge in [-0.3, -0.25) is 0 Å². The van der Waals surface area contributed by atoms with E-state index in [4.69, 9.17) is 0 Å². The number of nitrogens with zero attached hydrogens (tertiary/aromatic N) is 4. The Hall–Kier alpha value is -6.40. The lowest BCUT2D eigenvalue weighted by Crippen LogP contribution is -2.16. The van der Waals surface area contributed by atoms with Crippen LogP contribution in [0.15, 0.2) is 107 Å². The first-order valence-electron chi connectivity index (χ1n) is 14.1. The van der Waals surface area contributed by atoms with Crippen LogP contribution >= 0.6 is 0 Å². The fraction of sp³-hybridized carbons (Fsp3) is 0.0556. The van der Waals surface area contributed by atoms with E-state index in [0.29, 0.717) is 54.5 Å². The van der Waals surface area contributed by atoms with Gasteiger partial charge in [0.25, 0.3) is 0 Å². The van der Waals surface area contributed by atoms with Crippen molar-refractivity contribution in [2.75, 3.05) is 0 Å². The predicted octanol–water partition coefficient (Wildman–Crippen LogP) is 9.07. The number of ether oxygens (including phenoxy) is 2. The van der Waals surface area contributed by atoms with Crippen molar-refractivity contribution in [2.45, 2.75) is 12.7 Å². The summed E-state index contributed by atoms with van der Waals surface area (Å²) in [5.74, 6) is -0.700. The van der Waals surface area contributed by atoms with Crippen LogP contribution in [0.1, 0.15) is 0 Å². The summed E-state index contributed by atoms with van der Waals surface area (Å²) in [5.41, 5.74) is 2.61. The number of hydrogen-bond donors (Lipinski definition) is 0. The molecule has 0 fully saturated rings. The van der Waals surface area contributed by atoms with Gasteiger partial charge in [-0.1, -0.05) is 48.5 Å². The van der Waals surface area contributed by atoms with Crippen LogP contribution < -0.4 is 20.2 Å². The standard InChI is InChI=1S/C36H16F6N4O2/c37-35(38,39)47-23-7-1-19(2-8-23)21-5-11-25-27-15-32-28(16-31(27)33(45-17-43)29(25)13-21)26-12-6-22(14-30(26)34(32)46-18-44)20-3-9-24(10-4-20)48-36(40,41)42/h1-16H/b45-33-,46-34+. The van der Waals surface area contributed by atoms with Gasteiger partial charge in [0.05, 0.1) is 10.7 Å². The first-order chi connectivity index (χ1) is 22.9. The molecule has 0 aliphatic heterocycles. The molecule has 0 amide bonds. The third kappa shape index (κ3) is 5.50. The van der Waals surface area contributed by atoms with E-state index >= 15 is 0 Å². The van der Waals surface area contributed by atoms with Crippen LogP contribution in [0.5, 0.6) is 11.5 Å². The molecular formula is C36H16F6N4O2. The van der Waals surface area contributed by atoms with Crippen molar-refractivity contribution in [3.63, 3.8) is 0 Å². The van der Waals surface area contributed by atoms with Crippen molar-refractivity contribution in [1.29, 1.82) is 10.5 Å². The third-order valence-electron chi connectivity index (χ3n) is 7.96. The topological polar surface area (TPSA) is 90.8 Å². The normalized spacial score (nSPS) is 13.0. The van der Waals surface area contributed by atoms with Crippen LogP contribution in [-0.4, -0.2) is 12.7 Å². The van der Waals surface area contributed by atoms with Crippen molar-refractivity contribution in [1.82, 2.24) is 0 Å². The Morgan fingerprint density at radius 2 is 0.750 bits per heavy atom. The summed E-state index contributed by atoms with van der Waals surface area (Å²) in [5, 5.41) is 25.7. The molecule has 48 heavy (non-hydrogen) atoms. The van der Waals surface area contributed by atoms with Crippen molar-refractivity contribution < 1.29 is 35.8 Å². The van der Waals surface area contributed by atoms with Crippen LogP contribution in [0.25, 0.3) is 65.3 Å². The fourth-order valence-corrected chi connectivity index (χ4v) is 6.08. The van der Waals surface area contributed by atoms with Gasteiger partial charge in [0.2, 0.25) is 12.4 Å². The second-order valence-corrected chi connectivity index (χ2v) is 10.7. The summed E-state index contributed by atoms with van der Waals surface area (Å²) in [6, 6.07) is 25.5. The molecule has 0 atom stereocenters. The lowest BCUT2D eigenvalue weighted by molar-refractivity contribution is -0.275. The molecule has 0 radical (unpaired) electrons. The summed E-state index contributed by atoms with van der Waals surface area (Å²) >= 11 is 0. The number of halogens is 6. The van der Waals surface area contributed by atoms with Gasteiger partial charge in [-0.25, -0.2) is 0 Å². The van der Waals surface area contributed by atoms with E-state index in [9.17, 15) is 36.9 Å². The van der Waals surface area contributed by atoms with Gasteiger partial charge >= 0.3 is 12.7 Å². The van der Waals surface area contributed by atoms with E-state index in [0.717, 1.165) is 21.5 Å². The molecule has 0 heterocycles. The Bertz CT molecular complexity index is 2420. The lowest BCUT2D eigenvalue weighted by atomic mass is 10.0. The summed E-state index contributed by atoms with van der Waals surface area (Å²) in [7, 11) is 0. The van der Waals surface area contributed by atoms with E-state index < -0.39 is 12.7 Å². The summed E-state index contributed by atoms with van der Waals surface area (Å²) in [6.45, 7) is 0. The number of hydrogen-bond acceptors (Lipinski definition) is 6. The van der Waals surface area contributed by atoms with E-state index in [1.54, 1.807) is 12.1 Å². The van der Waals surface area contributed by atoms with Crippen LogP contribution in [0.2, 0.25) is 0 Å². The van der Waals surface area contributed by atoms with Gasteiger partial charge in [-0.15, -0.1) is 26.3 Å². The molecule has 12 heteroatoms. The molecule has 7 aromatic carbocycles. The maximum absolute atomic E-state index is 12.6. The molecule has 0 unspecified atom stereocenters. The minimum Gasteiger partial charge on any atom is -0.406 e. The SMILES string of the molecule is N#C/N=c1/c2cc(-c3ccc(OC(F)(F)F)cc3)ccc2c2cc3/c(=N/C#N)c4cc(-c5ccc(OC(F)(F)F)cc5)ccc4c3cc12. The second-order valence-electron chi connectivity index (χ2n) is 10.7. The van der Waals surface area contributed by atoms with Gasteiger partial charge in [0.1, 0.15) is 11.5 Å². The Morgan fingerprint density at radius 1 is 0.417 bits per heavy atom. The highest BCUT2D eigenvalue weighted by molar-refractivity contribution is 6.21. The Kier molecular flexibility index (Phi) is 7.02. The predicted molar refractivity (Wildman–Crippen MR) is 165 cm³/mol. The average molecular weight is 651 g/mol. The van der Waals surface area contributed by atoms with E-state index in [-0.39, 0.29) is 11.5 Å². The zero-order valence-corrected chi connectivity index (χ0v) is 24.1. The molecule has 0 saturated carbocycles. The smallest absolute Gasteiger partial charge is 0.406 e. The van der Waals surface area contributed by atoms with Crippen molar-refractivity contribution >= 4 is 43.1 Å². The van der Waals surface area contributed by atoms with Crippen molar-refractivity contribution in [3.05, 3.63) is 108 Å². The van der Waals surface area contributed by atoms with Crippen LogP contribution in [0, 0.1) is 22.9 Å². The Morgan fingerprint density at radius 3 is 1.08 bits per heavy atom. The molecule has 0 bridgehead atoms. The molecule has 0 aliphatic carbocycles. The molecule has 7 aromatic rings. The molecule has 0 spiro atoms. The monoisotopic (exact) mass is 650 g/mol. The molecule has 234 valence electrons. The molecule has 0 aromatic heterocycles. The largest absolute Gasteiger partial charge is 0.573 e. The lowest BCUT2D eigenvalue weighted by Gasteiger charge is -2.09. The van der Waals surface area contributed by atoms with Gasteiger partial charge in [0.15, 0.2) is 0 Å². The number of fused-ring (bicyclic) bond motifs is 6. The van der Waals surface area contributed by atoms with Crippen LogP contribution in [0.3, 0.4) is 0 Å². The number of rotatable bonds is 4. The first-order valence-corrected chi connectivity index (χ1v) is 14.1. The summed E-state index contributed by atoms with van der Waals surface area (Å²) < 4.78 is 83.7. The number of alkyl halides is 6. The summed E-state index contributed by atoms with van der Waals surface area (Å²) in [4.78, 5) is 8.26. The zero-order chi connectivity index (χ0) is 33.8. The Balaban J connectivity index is 1.38. The molecule has 0 N–H and O–H groups in total. The van der Waals surface area contributed by atoms with Gasteiger partial charge in [0, 0.05) is 21.5 Å². The highest BCUT2D eigenvalue weighted by atomic mass is 19.4. The minimum atomic E-state index is -4.81. The molecule has 6 nitrogen and oxygen atoms in total. The fourth-order valence-electron chi connectivity index (χ4n) is 6.08. The number of nitriles is 2. The maximum atomic E-state index is 12.6. The third-order valence-corrected chi connectivity index (χ3v) is 7.96. The van der Waals surface area contributed by atoms with E-state index in [2.05, 4.69) is 19.5 Å². The molecule has 0 aliphatic rings. The highest BCUT2D eigenvalue weighted by Gasteiger charge is 2.31. The van der Waals surface area contributed by atoms with Crippen LogP contribution in [-0.2, 0) is 0 Å². The molecule has 0 saturated heterocycles. The second kappa shape index (κ2) is 11.1. The minimum absolute atomic E-state index is 0.350. The molecule has 7 rings (SSSR count). The van der Waals surface area contributed by atoms with Crippen molar-refractivity contribution in [3.8, 4) is 46.1 Å². The van der Waals surface area contributed by atoms with Crippen LogP contribution in [0.4, 0.5) is 26.3 Å². The molecular weight excluding hydrogens is 634 g/mol. The zero-order valence-electron chi connectivity index (χ0n) is 24.1.